The van der Waals surface area contributed by atoms with Gasteiger partial charge in [-0.25, -0.2) is 0 Å². The fourth-order valence-corrected chi connectivity index (χ4v) is 5.99. The maximum atomic E-state index is 13.8. The van der Waals surface area contributed by atoms with Gasteiger partial charge < -0.3 is 20.4 Å². The second-order valence-electron chi connectivity index (χ2n) is 15.7. The summed E-state index contributed by atoms with van der Waals surface area (Å²) in [6.45, 7) is 20.1. The molecular formula is C34H45N6O7. The lowest BCUT2D eigenvalue weighted by Crippen LogP contribution is -2.53. The zero-order valence-corrected chi connectivity index (χ0v) is 29.3. The van der Waals surface area contributed by atoms with Crippen molar-refractivity contribution in [1.82, 2.24) is 15.2 Å². The van der Waals surface area contributed by atoms with Gasteiger partial charge in [0, 0.05) is 21.2 Å². The van der Waals surface area contributed by atoms with Crippen LogP contribution in [0.3, 0.4) is 0 Å². The van der Waals surface area contributed by atoms with Gasteiger partial charge in [-0.05, 0) is 107 Å². The summed E-state index contributed by atoms with van der Waals surface area (Å²) < 4.78 is 8.33. The Kier molecular flexibility index (Phi) is 7.45. The molecule has 13 nitrogen and oxygen atoms in total. The summed E-state index contributed by atoms with van der Waals surface area (Å²) in [5.74, 6) is -0.300. The first-order chi connectivity index (χ1) is 21.4. The fraction of sp³-hybridized carbons (Fsp3) is 0.559. The molecular weight excluding hydrogens is 604 g/mol. The van der Waals surface area contributed by atoms with E-state index < -0.39 is 33.2 Å². The third-order valence-corrected chi connectivity index (χ3v) is 11.8. The first-order valence-corrected chi connectivity index (χ1v) is 15.7. The lowest BCUT2D eigenvalue weighted by molar-refractivity contribution is -0.540. The average Bonchev–Trinajstić information content (AvgIpc) is 3.25. The van der Waals surface area contributed by atoms with Gasteiger partial charge in [-0.1, -0.05) is 33.4 Å². The topological polar surface area (TPSA) is 157 Å². The van der Waals surface area contributed by atoms with Crippen LogP contribution < -0.4 is 4.74 Å². The van der Waals surface area contributed by atoms with E-state index in [1.54, 1.807) is 113 Å². The second-order valence-corrected chi connectivity index (χ2v) is 15.7. The number of hydrogen-bond donors (Lipinski definition) is 0. The van der Waals surface area contributed by atoms with Gasteiger partial charge in [-0.2, -0.15) is 0 Å². The lowest BCUT2D eigenvalue weighted by Gasteiger charge is -2.32. The molecule has 0 atom stereocenters. The monoisotopic (exact) mass is 649 g/mol. The molecule has 0 unspecified atom stereocenters. The summed E-state index contributed by atoms with van der Waals surface area (Å²) in [6.07, 6.45) is 0. The molecule has 5 rings (SSSR count). The Morgan fingerprint density at radius 1 is 0.574 bits per heavy atom. The molecule has 2 aromatic rings. The van der Waals surface area contributed by atoms with Crippen LogP contribution in [0.25, 0.3) is 0 Å². The number of rotatable bonds is 6. The predicted molar refractivity (Wildman–Crippen MR) is 172 cm³/mol. The Morgan fingerprint density at radius 3 is 1.40 bits per heavy atom. The molecule has 0 saturated heterocycles. The Bertz CT molecular complexity index is 1740. The van der Waals surface area contributed by atoms with Crippen LogP contribution in [0.5, 0.6) is 5.75 Å². The van der Waals surface area contributed by atoms with Crippen LogP contribution in [-0.2, 0) is 22.2 Å². The molecule has 3 radical (unpaired) electrons. The van der Waals surface area contributed by atoms with E-state index in [1.165, 1.54) is 12.1 Å². The second kappa shape index (κ2) is 10.2. The van der Waals surface area contributed by atoms with Crippen molar-refractivity contribution in [2.45, 2.75) is 123 Å². The van der Waals surface area contributed by atoms with Gasteiger partial charge in [0.1, 0.15) is 34.5 Å². The van der Waals surface area contributed by atoms with E-state index in [0.717, 1.165) is 9.80 Å². The molecule has 0 aromatic heterocycles. The lowest BCUT2D eigenvalue weighted by atomic mass is 9.84. The van der Waals surface area contributed by atoms with Crippen molar-refractivity contribution in [3.05, 3.63) is 80.3 Å². The van der Waals surface area contributed by atoms with Gasteiger partial charge in [-0.15, -0.1) is 0 Å². The van der Waals surface area contributed by atoms with Gasteiger partial charge in [-0.3, -0.25) is 14.2 Å². The highest BCUT2D eigenvalue weighted by atomic mass is 16.6. The SMILES string of the molecule is CC1(C)N([O])C(c2ccc(OCc3ccccc3C3=[N+]([O-])C(C)(C)C(C)(C)N3[O])c(C3=[N+]([O-])C(C)(C)C(C)(C)N3[O])c2)=[N+]([O-])C1(C)C. The first kappa shape index (κ1) is 34.3. The molecule has 253 valence electrons. The Balaban J connectivity index is 1.64. The highest BCUT2D eigenvalue weighted by Gasteiger charge is 2.63. The van der Waals surface area contributed by atoms with Crippen LogP contribution in [0.15, 0.2) is 42.5 Å². The van der Waals surface area contributed by atoms with E-state index in [4.69, 9.17) is 4.74 Å². The predicted octanol–water partition coefficient (Wildman–Crippen LogP) is 4.69. The van der Waals surface area contributed by atoms with Crippen LogP contribution in [0.1, 0.15) is 105 Å². The largest absolute Gasteiger partial charge is 0.714 e. The maximum absolute atomic E-state index is 13.8. The number of hydroxylamine groups is 9. The summed E-state index contributed by atoms with van der Waals surface area (Å²) in [6, 6.07) is 11.4. The number of benzene rings is 2. The summed E-state index contributed by atoms with van der Waals surface area (Å²) >= 11 is 0. The van der Waals surface area contributed by atoms with E-state index in [1.807, 2.05) is 0 Å². The molecule has 3 aliphatic rings. The minimum Gasteiger partial charge on any atom is -0.714 e. The molecule has 0 saturated carbocycles. The number of amidine groups is 3. The minimum absolute atomic E-state index is 0.0474. The molecule has 47 heavy (non-hydrogen) atoms. The van der Waals surface area contributed by atoms with E-state index in [0.29, 0.717) is 30.7 Å². The van der Waals surface area contributed by atoms with Crippen molar-refractivity contribution in [1.29, 1.82) is 0 Å². The molecule has 2 aromatic carbocycles. The van der Waals surface area contributed by atoms with Crippen molar-refractivity contribution in [2.24, 2.45) is 0 Å². The Morgan fingerprint density at radius 2 is 0.979 bits per heavy atom. The number of hydrogen-bond acceptors (Lipinski definition) is 7. The normalized spacial score (nSPS) is 23.8. The minimum atomic E-state index is -1.16. The molecule has 13 heteroatoms. The molecule has 0 spiro atoms. The van der Waals surface area contributed by atoms with Crippen molar-refractivity contribution in [2.75, 3.05) is 0 Å². The van der Waals surface area contributed by atoms with Crippen molar-refractivity contribution < 1.29 is 34.6 Å². The van der Waals surface area contributed by atoms with Crippen molar-refractivity contribution in [3.8, 4) is 5.75 Å². The zero-order chi connectivity index (χ0) is 35.4. The standard InChI is InChI=1S/C34H45N6O7/c1-29(2)30(3,4)36(42)26(35(29)41)21-17-18-25(24(19-21)28-39(45)33(9,10)34(11,12)40(28)46)47-20-22-15-13-14-16-23(22)27-37(43)31(5,6)32(7,8)38(27)44/h13-19H,20H2,1-12H3. The van der Waals surface area contributed by atoms with Gasteiger partial charge in [0.2, 0.25) is 0 Å². The Labute approximate surface area is 276 Å². The van der Waals surface area contributed by atoms with E-state index in [-0.39, 0.29) is 41.0 Å². The van der Waals surface area contributed by atoms with E-state index in [9.17, 15) is 31.2 Å². The summed E-state index contributed by atoms with van der Waals surface area (Å²) in [5.41, 5.74) is -5.33. The van der Waals surface area contributed by atoms with Gasteiger partial charge in [0.25, 0.3) is 0 Å². The first-order valence-electron chi connectivity index (χ1n) is 15.7. The van der Waals surface area contributed by atoms with Crippen LogP contribution in [0.4, 0.5) is 0 Å². The van der Waals surface area contributed by atoms with Crippen LogP contribution in [0, 0.1) is 15.6 Å². The van der Waals surface area contributed by atoms with Gasteiger partial charge in [0.15, 0.2) is 16.6 Å². The molecule has 3 heterocycles. The molecule has 0 amide bonds. The zero-order valence-electron chi connectivity index (χ0n) is 29.3. The van der Waals surface area contributed by atoms with Crippen molar-refractivity contribution >= 4 is 17.5 Å². The highest BCUT2D eigenvalue weighted by molar-refractivity contribution is 6.03. The third kappa shape index (κ3) is 4.35. The van der Waals surface area contributed by atoms with E-state index >= 15 is 0 Å². The molecule has 0 fully saturated rings. The summed E-state index contributed by atoms with van der Waals surface area (Å²) in [7, 11) is 0. The summed E-state index contributed by atoms with van der Waals surface area (Å²) in [4.78, 5) is 0. The van der Waals surface area contributed by atoms with Crippen LogP contribution in [-0.4, -0.2) is 80.1 Å². The summed E-state index contributed by atoms with van der Waals surface area (Å²) in [5, 5.41) is 83.6. The number of nitrogens with zero attached hydrogens (tertiary/aromatic N) is 6. The Hall–Kier alpha value is -4.07. The van der Waals surface area contributed by atoms with Gasteiger partial charge >= 0.3 is 17.5 Å². The third-order valence-electron chi connectivity index (χ3n) is 11.8. The number of ether oxygens (including phenoxy) is 1. The van der Waals surface area contributed by atoms with Crippen LogP contribution >= 0.6 is 0 Å². The van der Waals surface area contributed by atoms with E-state index in [2.05, 4.69) is 0 Å². The smallest absolute Gasteiger partial charge is 0.320 e. The molecule has 3 aliphatic heterocycles. The average molecular weight is 650 g/mol. The highest BCUT2D eigenvalue weighted by Crippen LogP contribution is 2.42. The molecule has 0 bridgehead atoms. The van der Waals surface area contributed by atoms with Crippen LogP contribution in [0.2, 0.25) is 0 Å². The van der Waals surface area contributed by atoms with Crippen molar-refractivity contribution in [3.63, 3.8) is 0 Å². The maximum Gasteiger partial charge on any atom is 0.320 e. The quantitative estimate of drug-likeness (QED) is 0.325. The molecule has 0 N–H and O–H groups in total. The fourth-order valence-electron chi connectivity index (χ4n) is 5.99. The van der Waals surface area contributed by atoms with Gasteiger partial charge in [0.05, 0.1) is 11.1 Å². The molecule has 0 aliphatic carbocycles.